The molecule has 0 spiro atoms. The summed E-state index contributed by atoms with van der Waals surface area (Å²) in [5, 5.41) is 7.32. The molecule has 0 aromatic carbocycles. The predicted molar refractivity (Wildman–Crippen MR) is 59.3 cm³/mol. The normalized spacial score (nSPS) is 16.9. The minimum absolute atomic E-state index is 0.275. The first-order chi connectivity index (χ1) is 7.47. The molecule has 5 heteroatoms. The van der Waals surface area contributed by atoms with Crippen LogP contribution in [-0.4, -0.2) is 34.4 Å². The molecule has 1 aromatic rings. The molecule has 0 saturated carbocycles. The van der Waals surface area contributed by atoms with Gasteiger partial charge in [0.2, 0.25) is 0 Å². The molecule has 0 atom stereocenters. The van der Waals surface area contributed by atoms with E-state index in [0.717, 1.165) is 13.1 Å². The summed E-state index contributed by atoms with van der Waals surface area (Å²) >= 11 is 0. The summed E-state index contributed by atoms with van der Waals surface area (Å²) in [6.45, 7) is 7.29. The van der Waals surface area contributed by atoms with Gasteiger partial charge in [0, 0.05) is 19.3 Å². The number of aromatic nitrogens is 2. The SMILES string of the molecule is CC(C)(C)OC(=O)c1ccnn1C1CNC1. The van der Waals surface area contributed by atoms with Crippen LogP contribution in [0.2, 0.25) is 0 Å². The van der Waals surface area contributed by atoms with Crippen molar-refractivity contribution in [2.45, 2.75) is 32.4 Å². The fourth-order valence-electron chi connectivity index (χ4n) is 1.54. The first kappa shape index (κ1) is 11.1. The molecule has 2 heterocycles. The molecule has 1 aromatic heterocycles. The van der Waals surface area contributed by atoms with Crippen LogP contribution in [0.25, 0.3) is 0 Å². The Labute approximate surface area is 94.8 Å². The lowest BCUT2D eigenvalue weighted by Crippen LogP contribution is -2.45. The average Bonchev–Trinajstić information content (AvgIpc) is 2.45. The maximum atomic E-state index is 11.9. The van der Waals surface area contributed by atoms with Crippen molar-refractivity contribution in [3.8, 4) is 0 Å². The van der Waals surface area contributed by atoms with E-state index in [1.54, 1.807) is 16.9 Å². The number of esters is 1. The lowest BCUT2D eigenvalue weighted by Gasteiger charge is -2.29. The number of hydrogen-bond donors (Lipinski definition) is 1. The number of rotatable bonds is 2. The highest BCUT2D eigenvalue weighted by Gasteiger charge is 2.26. The molecule has 1 N–H and O–H groups in total. The summed E-state index contributed by atoms with van der Waals surface area (Å²) in [5.74, 6) is -0.308. The summed E-state index contributed by atoms with van der Waals surface area (Å²) in [6, 6.07) is 1.98. The third-order valence-electron chi connectivity index (χ3n) is 2.38. The largest absolute Gasteiger partial charge is 0.455 e. The van der Waals surface area contributed by atoms with Gasteiger partial charge in [-0.2, -0.15) is 5.10 Å². The second-order valence-corrected chi connectivity index (χ2v) is 4.97. The van der Waals surface area contributed by atoms with E-state index in [0.29, 0.717) is 5.69 Å². The van der Waals surface area contributed by atoms with Crippen molar-refractivity contribution in [1.29, 1.82) is 0 Å². The molecule has 5 nitrogen and oxygen atoms in total. The summed E-state index contributed by atoms with van der Waals surface area (Å²) in [5.41, 5.74) is 0.0609. The van der Waals surface area contributed by atoms with Crippen LogP contribution < -0.4 is 5.32 Å². The number of nitrogens with one attached hydrogen (secondary N) is 1. The molecule has 0 bridgehead atoms. The van der Waals surface area contributed by atoms with Crippen LogP contribution in [0.15, 0.2) is 12.3 Å². The Bertz CT molecular complexity index is 388. The Morgan fingerprint density at radius 3 is 2.75 bits per heavy atom. The summed E-state index contributed by atoms with van der Waals surface area (Å²) in [7, 11) is 0. The van der Waals surface area contributed by atoms with Crippen LogP contribution >= 0.6 is 0 Å². The minimum Gasteiger partial charge on any atom is -0.455 e. The van der Waals surface area contributed by atoms with Crippen molar-refractivity contribution < 1.29 is 9.53 Å². The lowest BCUT2D eigenvalue weighted by atomic mass is 10.2. The standard InChI is InChI=1S/C11H17N3O2/c1-11(2,3)16-10(15)9-4-5-13-14(9)8-6-12-7-8/h4-5,8,12H,6-7H2,1-3H3. The van der Waals surface area contributed by atoms with Gasteiger partial charge in [-0.05, 0) is 26.8 Å². The van der Waals surface area contributed by atoms with Crippen LogP contribution in [0.5, 0.6) is 0 Å². The third-order valence-corrected chi connectivity index (χ3v) is 2.38. The summed E-state index contributed by atoms with van der Waals surface area (Å²) in [6.07, 6.45) is 1.64. The number of nitrogens with zero attached hydrogens (tertiary/aromatic N) is 2. The van der Waals surface area contributed by atoms with Crippen molar-refractivity contribution in [3.05, 3.63) is 18.0 Å². The van der Waals surface area contributed by atoms with Gasteiger partial charge in [-0.15, -0.1) is 0 Å². The van der Waals surface area contributed by atoms with Gasteiger partial charge in [0.25, 0.3) is 0 Å². The van der Waals surface area contributed by atoms with Gasteiger partial charge in [0.15, 0.2) is 0 Å². The Kier molecular flexibility index (Phi) is 2.71. The lowest BCUT2D eigenvalue weighted by molar-refractivity contribution is 0.00516. The predicted octanol–water partition coefficient (Wildman–Crippen LogP) is 0.983. The van der Waals surface area contributed by atoms with Crippen molar-refractivity contribution in [3.63, 3.8) is 0 Å². The molecular formula is C11H17N3O2. The molecule has 0 radical (unpaired) electrons. The number of carbonyl (C=O) groups is 1. The summed E-state index contributed by atoms with van der Waals surface area (Å²) in [4.78, 5) is 11.9. The van der Waals surface area contributed by atoms with Crippen molar-refractivity contribution in [2.75, 3.05) is 13.1 Å². The molecule has 1 aliphatic rings. The van der Waals surface area contributed by atoms with Gasteiger partial charge in [-0.25, -0.2) is 4.79 Å². The van der Waals surface area contributed by atoms with Gasteiger partial charge in [-0.1, -0.05) is 0 Å². The van der Waals surface area contributed by atoms with Crippen LogP contribution in [0.4, 0.5) is 0 Å². The van der Waals surface area contributed by atoms with Crippen molar-refractivity contribution >= 4 is 5.97 Å². The third kappa shape index (κ3) is 2.24. The smallest absolute Gasteiger partial charge is 0.357 e. The molecule has 0 aliphatic carbocycles. The van der Waals surface area contributed by atoms with Crippen LogP contribution in [0.1, 0.15) is 37.3 Å². The van der Waals surface area contributed by atoms with Crippen LogP contribution in [0.3, 0.4) is 0 Å². The topological polar surface area (TPSA) is 56.1 Å². The maximum Gasteiger partial charge on any atom is 0.357 e. The molecule has 88 valence electrons. The molecule has 1 fully saturated rings. The van der Waals surface area contributed by atoms with E-state index in [4.69, 9.17) is 4.74 Å². The van der Waals surface area contributed by atoms with Gasteiger partial charge in [0.05, 0.1) is 6.04 Å². The second-order valence-electron chi connectivity index (χ2n) is 4.97. The zero-order valence-electron chi connectivity index (χ0n) is 9.86. The van der Waals surface area contributed by atoms with Gasteiger partial charge in [-0.3, -0.25) is 4.68 Å². The van der Waals surface area contributed by atoms with Crippen molar-refractivity contribution in [1.82, 2.24) is 15.1 Å². The van der Waals surface area contributed by atoms with Crippen molar-refractivity contribution in [2.24, 2.45) is 0 Å². The second kappa shape index (κ2) is 3.90. The highest BCUT2D eigenvalue weighted by molar-refractivity contribution is 5.87. The first-order valence-electron chi connectivity index (χ1n) is 5.45. The maximum absolute atomic E-state index is 11.9. The molecule has 16 heavy (non-hydrogen) atoms. The highest BCUT2D eigenvalue weighted by atomic mass is 16.6. The number of carbonyl (C=O) groups excluding carboxylic acids is 1. The molecule has 1 aliphatic heterocycles. The van der Waals surface area contributed by atoms with E-state index in [1.165, 1.54) is 0 Å². The van der Waals surface area contributed by atoms with E-state index in [9.17, 15) is 4.79 Å². The number of hydrogen-bond acceptors (Lipinski definition) is 4. The average molecular weight is 223 g/mol. The fraction of sp³-hybridized carbons (Fsp3) is 0.636. The minimum atomic E-state index is -0.468. The van der Waals surface area contributed by atoms with E-state index in [2.05, 4.69) is 10.4 Å². The zero-order chi connectivity index (χ0) is 11.8. The Morgan fingerprint density at radius 2 is 2.25 bits per heavy atom. The van der Waals surface area contributed by atoms with Gasteiger partial charge in [0.1, 0.15) is 11.3 Å². The van der Waals surface area contributed by atoms with Crippen LogP contribution in [-0.2, 0) is 4.74 Å². The summed E-state index contributed by atoms with van der Waals surface area (Å²) < 4.78 is 7.06. The van der Waals surface area contributed by atoms with Crippen LogP contribution in [0, 0.1) is 0 Å². The quantitative estimate of drug-likeness (QED) is 0.759. The highest BCUT2D eigenvalue weighted by Crippen LogP contribution is 2.17. The Hall–Kier alpha value is -1.36. The van der Waals surface area contributed by atoms with E-state index >= 15 is 0 Å². The van der Waals surface area contributed by atoms with E-state index < -0.39 is 5.60 Å². The Balaban J connectivity index is 2.14. The number of ether oxygens (including phenoxy) is 1. The first-order valence-corrected chi connectivity index (χ1v) is 5.45. The molecule has 0 amide bonds. The fourth-order valence-corrected chi connectivity index (χ4v) is 1.54. The molecular weight excluding hydrogens is 206 g/mol. The Morgan fingerprint density at radius 1 is 1.56 bits per heavy atom. The zero-order valence-corrected chi connectivity index (χ0v) is 9.86. The van der Waals surface area contributed by atoms with Gasteiger partial charge < -0.3 is 10.1 Å². The molecule has 0 unspecified atom stereocenters. The monoisotopic (exact) mass is 223 g/mol. The molecule has 2 rings (SSSR count). The van der Waals surface area contributed by atoms with E-state index in [-0.39, 0.29) is 12.0 Å². The van der Waals surface area contributed by atoms with E-state index in [1.807, 2.05) is 20.8 Å². The molecule has 1 saturated heterocycles. The van der Waals surface area contributed by atoms with Gasteiger partial charge >= 0.3 is 5.97 Å².